The van der Waals surface area contributed by atoms with Crippen LogP contribution in [0.2, 0.25) is 0 Å². The summed E-state index contributed by atoms with van der Waals surface area (Å²) in [6, 6.07) is 11.6. The van der Waals surface area contributed by atoms with Crippen LogP contribution >= 0.6 is 0 Å². The first-order valence-corrected chi connectivity index (χ1v) is 12.2. The summed E-state index contributed by atoms with van der Waals surface area (Å²) in [6.07, 6.45) is 11.1. The first-order chi connectivity index (χ1) is 17.1. The van der Waals surface area contributed by atoms with E-state index < -0.39 is 6.23 Å². The Balaban J connectivity index is 1.03. The van der Waals surface area contributed by atoms with Crippen molar-refractivity contribution in [2.75, 3.05) is 19.6 Å². The zero-order valence-corrected chi connectivity index (χ0v) is 19.5. The van der Waals surface area contributed by atoms with E-state index >= 15 is 0 Å². The van der Waals surface area contributed by atoms with Gasteiger partial charge in [0, 0.05) is 55.7 Å². The van der Waals surface area contributed by atoms with Gasteiger partial charge in [0.25, 0.3) is 5.91 Å². The molecule has 180 valence electrons. The molecule has 8 heteroatoms. The summed E-state index contributed by atoms with van der Waals surface area (Å²) in [4.78, 5) is 23.5. The summed E-state index contributed by atoms with van der Waals surface area (Å²) in [7, 11) is 0. The lowest BCUT2D eigenvalue weighted by atomic mass is 9.90. The molecule has 2 unspecified atom stereocenters. The van der Waals surface area contributed by atoms with Gasteiger partial charge in [-0.05, 0) is 54.4 Å². The molecule has 1 aliphatic heterocycles. The van der Waals surface area contributed by atoms with E-state index in [1.807, 2.05) is 52.1 Å². The van der Waals surface area contributed by atoms with Crippen LogP contribution in [0.25, 0.3) is 11.0 Å². The highest BCUT2D eigenvalue weighted by atomic mass is 16.4. The highest BCUT2D eigenvalue weighted by molar-refractivity contribution is 5.95. The Bertz CT molecular complexity index is 1290. The highest BCUT2D eigenvalue weighted by Gasteiger charge is 2.54. The number of hydrogen-bond acceptors (Lipinski definition) is 6. The maximum Gasteiger partial charge on any atom is 0.254 e. The Kier molecular flexibility index (Phi) is 5.62. The van der Waals surface area contributed by atoms with E-state index in [2.05, 4.69) is 15.3 Å². The van der Waals surface area contributed by atoms with Crippen LogP contribution < -0.4 is 5.32 Å². The van der Waals surface area contributed by atoms with Gasteiger partial charge in [-0.1, -0.05) is 18.2 Å². The van der Waals surface area contributed by atoms with Gasteiger partial charge in [-0.15, -0.1) is 0 Å². The molecule has 0 bridgehead atoms. The van der Waals surface area contributed by atoms with Crippen molar-refractivity contribution in [1.82, 2.24) is 24.8 Å². The second-order valence-corrected chi connectivity index (χ2v) is 9.82. The van der Waals surface area contributed by atoms with Gasteiger partial charge in [0.15, 0.2) is 11.8 Å². The second-order valence-electron chi connectivity index (χ2n) is 9.82. The third-order valence-corrected chi connectivity index (χ3v) is 7.73. The molecule has 8 nitrogen and oxygen atoms in total. The van der Waals surface area contributed by atoms with E-state index in [1.165, 1.54) is 0 Å². The summed E-state index contributed by atoms with van der Waals surface area (Å²) < 4.78 is 7.70. The number of aliphatic hydroxyl groups is 1. The maximum absolute atomic E-state index is 13.3. The van der Waals surface area contributed by atoms with E-state index in [0.717, 1.165) is 55.4 Å². The fourth-order valence-corrected chi connectivity index (χ4v) is 5.50. The van der Waals surface area contributed by atoms with Gasteiger partial charge in [0.2, 0.25) is 0 Å². The lowest BCUT2D eigenvalue weighted by Crippen LogP contribution is -2.40. The molecule has 0 radical (unpaired) electrons. The summed E-state index contributed by atoms with van der Waals surface area (Å²) >= 11 is 0. The fourth-order valence-electron chi connectivity index (χ4n) is 5.50. The number of hydrogen-bond donors (Lipinski definition) is 2. The number of likely N-dealkylation sites (tertiary alicyclic amines) is 1. The Hall–Kier alpha value is -3.49. The number of furan rings is 1. The largest absolute Gasteiger partial charge is 0.455 e. The number of benzene rings is 1. The first-order valence-electron chi connectivity index (χ1n) is 12.2. The lowest BCUT2D eigenvalue weighted by molar-refractivity contribution is 0.0662. The number of carbonyl (C=O) groups is 1. The number of nitrogens with one attached hydrogen (secondary N) is 1. The smallest absolute Gasteiger partial charge is 0.254 e. The minimum absolute atomic E-state index is 0.112. The zero-order chi connectivity index (χ0) is 23.8. The molecule has 1 saturated heterocycles. The topological polar surface area (TPSA) is 96.4 Å². The van der Waals surface area contributed by atoms with Crippen molar-refractivity contribution in [3.05, 3.63) is 84.4 Å². The third kappa shape index (κ3) is 4.35. The normalized spacial score (nSPS) is 19.8. The number of imidazole rings is 1. The number of rotatable bonds is 7. The number of fused-ring (bicyclic) bond motifs is 1. The molecule has 2 N–H and O–H groups in total. The molecule has 3 aromatic heterocycles. The molecular formula is C27H29N5O3. The number of aliphatic hydroxyl groups excluding tert-OH is 1. The van der Waals surface area contributed by atoms with Crippen LogP contribution in [-0.4, -0.2) is 50.1 Å². The quantitative estimate of drug-likeness (QED) is 0.400. The Morgan fingerprint density at radius 1 is 1.20 bits per heavy atom. The highest BCUT2D eigenvalue weighted by Crippen LogP contribution is 2.59. The van der Waals surface area contributed by atoms with Crippen molar-refractivity contribution >= 4 is 16.9 Å². The van der Waals surface area contributed by atoms with Crippen LogP contribution in [-0.2, 0) is 6.54 Å². The minimum atomic E-state index is -0.839. The van der Waals surface area contributed by atoms with Gasteiger partial charge in [-0.3, -0.25) is 15.1 Å². The van der Waals surface area contributed by atoms with Gasteiger partial charge in [0.05, 0.1) is 12.5 Å². The van der Waals surface area contributed by atoms with Crippen LogP contribution in [0.15, 0.2) is 71.9 Å². The van der Waals surface area contributed by atoms with Crippen LogP contribution in [0, 0.1) is 11.3 Å². The number of pyridine rings is 1. The first kappa shape index (κ1) is 22.0. The zero-order valence-electron chi connectivity index (χ0n) is 19.5. The lowest BCUT2D eigenvalue weighted by Gasteiger charge is -2.33. The molecule has 1 aromatic carbocycles. The van der Waals surface area contributed by atoms with Crippen molar-refractivity contribution in [2.45, 2.75) is 32.0 Å². The molecule has 2 aliphatic rings. The summed E-state index contributed by atoms with van der Waals surface area (Å²) in [5.74, 6) is 1.13. The molecule has 4 aromatic rings. The van der Waals surface area contributed by atoms with E-state index in [-0.39, 0.29) is 11.3 Å². The Morgan fingerprint density at radius 2 is 2.06 bits per heavy atom. The maximum atomic E-state index is 13.3. The monoisotopic (exact) mass is 471 g/mol. The van der Waals surface area contributed by atoms with Gasteiger partial charge >= 0.3 is 0 Å². The van der Waals surface area contributed by atoms with Crippen molar-refractivity contribution in [2.24, 2.45) is 11.3 Å². The predicted molar refractivity (Wildman–Crippen MR) is 130 cm³/mol. The average molecular weight is 472 g/mol. The van der Waals surface area contributed by atoms with Crippen LogP contribution in [0.5, 0.6) is 0 Å². The molecule has 1 spiro atoms. The van der Waals surface area contributed by atoms with Gasteiger partial charge in [-0.25, -0.2) is 4.98 Å². The van der Waals surface area contributed by atoms with Crippen LogP contribution in [0.1, 0.15) is 47.2 Å². The molecule has 35 heavy (non-hydrogen) atoms. The van der Waals surface area contributed by atoms with Crippen molar-refractivity contribution in [3.8, 4) is 0 Å². The number of amides is 1. The molecule has 1 aliphatic carbocycles. The second kappa shape index (κ2) is 8.94. The SMILES string of the molecule is O=C(c1ccccc1Cn1ccnc1)N1CCC2(CC1)CC2CNC(O)c1cc2ccncc2o1. The summed E-state index contributed by atoms with van der Waals surface area (Å²) in [5, 5.41) is 14.7. The van der Waals surface area contributed by atoms with E-state index in [0.29, 0.717) is 23.8 Å². The summed E-state index contributed by atoms with van der Waals surface area (Å²) in [5.41, 5.74) is 2.74. The van der Waals surface area contributed by atoms with Crippen molar-refractivity contribution in [3.63, 3.8) is 0 Å². The number of nitrogens with zero attached hydrogens (tertiary/aromatic N) is 4. The number of carbonyl (C=O) groups excluding carboxylic acids is 1. The van der Waals surface area contributed by atoms with Crippen LogP contribution in [0.3, 0.4) is 0 Å². The Labute approximate surface area is 203 Å². The van der Waals surface area contributed by atoms with Crippen LogP contribution in [0.4, 0.5) is 0 Å². The van der Waals surface area contributed by atoms with E-state index in [1.54, 1.807) is 24.9 Å². The average Bonchev–Trinajstić information content (AvgIpc) is 3.24. The van der Waals surface area contributed by atoms with E-state index in [4.69, 9.17) is 4.42 Å². The molecular weight excluding hydrogens is 442 g/mol. The fraction of sp³-hybridized carbons (Fsp3) is 0.370. The molecule has 6 rings (SSSR count). The Morgan fingerprint density at radius 3 is 2.86 bits per heavy atom. The van der Waals surface area contributed by atoms with Gasteiger partial charge < -0.3 is 19.0 Å². The molecule has 1 amide bonds. The van der Waals surface area contributed by atoms with Crippen molar-refractivity contribution < 1.29 is 14.3 Å². The molecule has 2 fully saturated rings. The van der Waals surface area contributed by atoms with Gasteiger partial charge in [0.1, 0.15) is 5.76 Å². The predicted octanol–water partition coefficient (Wildman–Crippen LogP) is 3.60. The number of piperidine rings is 1. The standard InChI is InChI=1S/C27H29N5O3/c33-25(23-13-19-5-8-28-16-24(19)35-23)30-15-21-14-27(21)6-10-32(11-7-27)26(34)22-4-2-1-3-20(22)17-31-12-9-29-18-31/h1-5,8-9,12-13,16,18,21,25,30,33H,6-7,10-11,14-15,17H2. The van der Waals surface area contributed by atoms with Gasteiger partial charge in [-0.2, -0.15) is 0 Å². The number of aromatic nitrogens is 3. The van der Waals surface area contributed by atoms with E-state index in [9.17, 15) is 9.90 Å². The third-order valence-electron chi connectivity index (χ3n) is 7.73. The molecule has 1 saturated carbocycles. The molecule has 2 atom stereocenters. The summed E-state index contributed by atoms with van der Waals surface area (Å²) in [6.45, 7) is 2.91. The van der Waals surface area contributed by atoms with Crippen molar-refractivity contribution in [1.29, 1.82) is 0 Å². The minimum Gasteiger partial charge on any atom is -0.455 e. The molecule has 4 heterocycles.